The fraction of sp³-hybridized carbons (Fsp3) is 0.500. The number of aliphatic hydroxyl groups excluding tert-OH is 1. The van der Waals surface area contributed by atoms with Crippen LogP contribution in [-0.2, 0) is 6.54 Å². The molecular weight excluding hydrogens is 270 g/mol. The highest BCUT2D eigenvalue weighted by Crippen LogP contribution is 2.27. The SMILES string of the molecule is CC(C)C(CO)NCc1cccc(Br)c1O. The van der Waals surface area contributed by atoms with Crippen molar-refractivity contribution in [2.45, 2.75) is 26.4 Å². The lowest BCUT2D eigenvalue weighted by Gasteiger charge is -2.20. The predicted molar refractivity (Wildman–Crippen MR) is 68.4 cm³/mol. The van der Waals surface area contributed by atoms with Crippen LogP contribution in [0.5, 0.6) is 5.75 Å². The summed E-state index contributed by atoms with van der Waals surface area (Å²) in [5, 5.41) is 22.2. The first-order valence-electron chi connectivity index (χ1n) is 5.36. The van der Waals surface area contributed by atoms with Gasteiger partial charge in [0, 0.05) is 18.2 Å². The van der Waals surface area contributed by atoms with Gasteiger partial charge in [-0.15, -0.1) is 0 Å². The summed E-state index contributed by atoms with van der Waals surface area (Å²) >= 11 is 3.27. The van der Waals surface area contributed by atoms with Crippen LogP contribution in [0.2, 0.25) is 0 Å². The van der Waals surface area contributed by atoms with Crippen molar-refractivity contribution >= 4 is 15.9 Å². The predicted octanol–water partition coefficient (Wildman–Crippen LogP) is 2.26. The zero-order valence-corrected chi connectivity index (χ0v) is 11.2. The topological polar surface area (TPSA) is 52.5 Å². The second-order valence-corrected chi connectivity index (χ2v) is 5.02. The van der Waals surface area contributed by atoms with E-state index in [1.165, 1.54) is 0 Å². The summed E-state index contributed by atoms with van der Waals surface area (Å²) in [6.45, 7) is 4.75. The number of halogens is 1. The van der Waals surface area contributed by atoms with Crippen LogP contribution < -0.4 is 5.32 Å². The molecule has 0 fully saturated rings. The fourth-order valence-electron chi connectivity index (χ4n) is 1.45. The van der Waals surface area contributed by atoms with Crippen LogP contribution in [0.4, 0.5) is 0 Å². The van der Waals surface area contributed by atoms with Gasteiger partial charge in [-0.1, -0.05) is 26.0 Å². The summed E-state index contributed by atoms with van der Waals surface area (Å²) in [5.74, 6) is 0.620. The number of benzene rings is 1. The van der Waals surface area contributed by atoms with Gasteiger partial charge < -0.3 is 15.5 Å². The van der Waals surface area contributed by atoms with Crippen LogP contribution >= 0.6 is 15.9 Å². The van der Waals surface area contributed by atoms with E-state index in [0.717, 1.165) is 5.56 Å². The molecule has 1 rings (SSSR count). The Morgan fingerprint density at radius 3 is 2.62 bits per heavy atom. The maximum Gasteiger partial charge on any atom is 0.134 e. The Labute approximate surface area is 105 Å². The largest absolute Gasteiger partial charge is 0.506 e. The van der Waals surface area contributed by atoms with Crippen molar-refractivity contribution in [2.75, 3.05) is 6.61 Å². The monoisotopic (exact) mass is 287 g/mol. The molecule has 0 bridgehead atoms. The maximum atomic E-state index is 9.77. The number of hydrogen-bond acceptors (Lipinski definition) is 3. The van der Waals surface area contributed by atoms with E-state index in [-0.39, 0.29) is 18.4 Å². The standard InChI is InChI=1S/C12H18BrNO2/c1-8(2)11(7-15)14-6-9-4-3-5-10(13)12(9)16/h3-5,8,11,14-16H,6-7H2,1-2H3. The van der Waals surface area contributed by atoms with E-state index < -0.39 is 0 Å². The number of phenols is 1. The molecule has 1 aromatic carbocycles. The Morgan fingerprint density at radius 2 is 2.06 bits per heavy atom. The number of nitrogens with one attached hydrogen (secondary N) is 1. The van der Waals surface area contributed by atoms with Crippen LogP contribution in [0, 0.1) is 5.92 Å². The molecule has 0 saturated heterocycles. The van der Waals surface area contributed by atoms with E-state index in [1.54, 1.807) is 6.07 Å². The van der Waals surface area contributed by atoms with Gasteiger partial charge in [-0.2, -0.15) is 0 Å². The lowest BCUT2D eigenvalue weighted by atomic mass is 10.0. The van der Waals surface area contributed by atoms with Crippen LogP contribution in [0.25, 0.3) is 0 Å². The Kier molecular flexibility index (Phi) is 5.25. The highest BCUT2D eigenvalue weighted by molar-refractivity contribution is 9.10. The van der Waals surface area contributed by atoms with E-state index in [2.05, 4.69) is 35.1 Å². The Hall–Kier alpha value is -0.580. The fourth-order valence-corrected chi connectivity index (χ4v) is 1.86. The summed E-state index contributed by atoms with van der Waals surface area (Å²) in [6, 6.07) is 5.59. The summed E-state index contributed by atoms with van der Waals surface area (Å²) in [6.07, 6.45) is 0. The number of hydrogen-bond donors (Lipinski definition) is 3. The van der Waals surface area contributed by atoms with Gasteiger partial charge in [0.1, 0.15) is 5.75 Å². The third-order valence-corrected chi connectivity index (χ3v) is 3.27. The second-order valence-electron chi connectivity index (χ2n) is 4.16. The molecule has 0 amide bonds. The highest BCUT2D eigenvalue weighted by Gasteiger charge is 2.12. The van der Waals surface area contributed by atoms with Crippen molar-refractivity contribution in [2.24, 2.45) is 5.92 Å². The first-order valence-corrected chi connectivity index (χ1v) is 6.16. The van der Waals surface area contributed by atoms with Crippen molar-refractivity contribution < 1.29 is 10.2 Å². The van der Waals surface area contributed by atoms with Crippen molar-refractivity contribution in [1.29, 1.82) is 0 Å². The van der Waals surface area contributed by atoms with Crippen molar-refractivity contribution in [3.63, 3.8) is 0 Å². The lowest BCUT2D eigenvalue weighted by molar-refractivity contribution is 0.209. The van der Waals surface area contributed by atoms with Gasteiger partial charge in [-0.25, -0.2) is 0 Å². The number of aromatic hydroxyl groups is 1. The van der Waals surface area contributed by atoms with Crippen molar-refractivity contribution in [3.8, 4) is 5.75 Å². The number of para-hydroxylation sites is 1. The molecule has 0 aliphatic rings. The maximum absolute atomic E-state index is 9.77. The second kappa shape index (κ2) is 6.23. The number of aliphatic hydroxyl groups is 1. The van der Waals surface area contributed by atoms with Gasteiger partial charge >= 0.3 is 0 Å². The molecule has 3 N–H and O–H groups in total. The van der Waals surface area contributed by atoms with Crippen molar-refractivity contribution in [3.05, 3.63) is 28.2 Å². The Morgan fingerprint density at radius 1 is 1.38 bits per heavy atom. The average molecular weight is 288 g/mol. The quantitative estimate of drug-likeness (QED) is 0.779. The lowest BCUT2D eigenvalue weighted by Crippen LogP contribution is -2.36. The molecule has 0 heterocycles. The zero-order valence-electron chi connectivity index (χ0n) is 9.57. The summed E-state index contributed by atoms with van der Waals surface area (Å²) in [7, 11) is 0. The average Bonchev–Trinajstić information content (AvgIpc) is 2.24. The minimum absolute atomic E-state index is 0.0541. The molecular formula is C12H18BrNO2. The normalized spacial score (nSPS) is 13.1. The van der Waals surface area contributed by atoms with E-state index in [0.29, 0.717) is 16.9 Å². The smallest absolute Gasteiger partial charge is 0.134 e. The van der Waals surface area contributed by atoms with Crippen LogP contribution in [0.15, 0.2) is 22.7 Å². The van der Waals surface area contributed by atoms with Crippen LogP contribution in [0.1, 0.15) is 19.4 Å². The summed E-state index contributed by atoms with van der Waals surface area (Å²) < 4.78 is 0.692. The minimum atomic E-state index is 0.0541. The van der Waals surface area contributed by atoms with E-state index in [1.807, 2.05) is 12.1 Å². The summed E-state index contributed by atoms with van der Waals surface area (Å²) in [4.78, 5) is 0. The molecule has 1 aromatic rings. The first-order chi connectivity index (χ1) is 7.56. The molecule has 0 radical (unpaired) electrons. The molecule has 0 spiro atoms. The van der Waals surface area contributed by atoms with Gasteiger partial charge in [0.15, 0.2) is 0 Å². The van der Waals surface area contributed by atoms with Crippen LogP contribution in [0.3, 0.4) is 0 Å². The third-order valence-electron chi connectivity index (χ3n) is 2.63. The van der Waals surface area contributed by atoms with Gasteiger partial charge in [0.25, 0.3) is 0 Å². The molecule has 90 valence electrons. The minimum Gasteiger partial charge on any atom is -0.506 e. The number of phenolic OH excluding ortho intramolecular Hbond substituents is 1. The van der Waals surface area contributed by atoms with Gasteiger partial charge in [0.05, 0.1) is 11.1 Å². The van der Waals surface area contributed by atoms with E-state index in [4.69, 9.17) is 5.11 Å². The molecule has 1 atom stereocenters. The van der Waals surface area contributed by atoms with Gasteiger partial charge in [-0.05, 0) is 27.9 Å². The number of rotatable bonds is 5. The molecule has 1 unspecified atom stereocenters. The zero-order chi connectivity index (χ0) is 12.1. The summed E-state index contributed by atoms with van der Waals surface area (Å²) in [5.41, 5.74) is 0.827. The molecule has 0 aliphatic carbocycles. The third kappa shape index (κ3) is 3.47. The Bertz CT molecular complexity index is 342. The molecule has 0 aromatic heterocycles. The Balaban J connectivity index is 2.64. The van der Waals surface area contributed by atoms with E-state index in [9.17, 15) is 5.11 Å². The molecule has 0 saturated carbocycles. The van der Waals surface area contributed by atoms with Crippen molar-refractivity contribution in [1.82, 2.24) is 5.32 Å². The van der Waals surface area contributed by atoms with Crippen LogP contribution in [-0.4, -0.2) is 22.9 Å². The highest BCUT2D eigenvalue weighted by atomic mass is 79.9. The van der Waals surface area contributed by atoms with Gasteiger partial charge in [0.2, 0.25) is 0 Å². The van der Waals surface area contributed by atoms with E-state index >= 15 is 0 Å². The molecule has 16 heavy (non-hydrogen) atoms. The molecule has 3 nitrogen and oxygen atoms in total. The molecule has 4 heteroatoms. The van der Waals surface area contributed by atoms with Gasteiger partial charge in [-0.3, -0.25) is 0 Å². The molecule has 0 aliphatic heterocycles. The first kappa shape index (κ1) is 13.5.